The molecule has 4 heteroatoms. The highest BCUT2D eigenvalue weighted by molar-refractivity contribution is 7.15. The molecule has 0 radical (unpaired) electrons. The summed E-state index contributed by atoms with van der Waals surface area (Å²) >= 11 is 3.75. The molecule has 0 unspecified atom stereocenters. The first-order valence-corrected chi connectivity index (χ1v) is 17.3. The van der Waals surface area contributed by atoms with Gasteiger partial charge in [0.25, 0.3) is 0 Å². The standard InChI is InChI=1S/C38H38O2S2/c1-3-5-7-9-11-25-13-21-37(41-25)35-23-31-29-15-16-30-28(27(29)17-19-33(31)39-35)18-20-34-32(30)24-36(40-34)38-22-14-26(42-38)12-10-8-6-4-2/h13-24H,3-12H2,1-2H3. The molecule has 0 spiro atoms. The zero-order chi connectivity index (χ0) is 28.5. The second kappa shape index (κ2) is 12.1. The molecule has 0 atom stereocenters. The van der Waals surface area contributed by atoms with Crippen LogP contribution in [0.1, 0.15) is 75.0 Å². The van der Waals surface area contributed by atoms with Crippen LogP contribution >= 0.6 is 22.7 Å². The van der Waals surface area contributed by atoms with Crippen LogP contribution in [0, 0.1) is 0 Å². The van der Waals surface area contributed by atoms with Crippen LogP contribution in [0.15, 0.2) is 81.6 Å². The Morgan fingerprint density at radius 3 is 1.33 bits per heavy atom. The van der Waals surface area contributed by atoms with E-state index in [4.69, 9.17) is 8.83 Å². The first kappa shape index (κ1) is 27.5. The largest absolute Gasteiger partial charge is 0.455 e. The Hall–Kier alpha value is -3.34. The molecule has 42 heavy (non-hydrogen) atoms. The molecule has 0 saturated carbocycles. The second-order valence-electron chi connectivity index (χ2n) is 11.6. The van der Waals surface area contributed by atoms with E-state index in [1.165, 1.54) is 103 Å². The van der Waals surface area contributed by atoms with Gasteiger partial charge < -0.3 is 8.83 Å². The van der Waals surface area contributed by atoms with Gasteiger partial charge in [-0.1, -0.05) is 76.6 Å². The molecule has 0 bridgehead atoms. The number of hydrogen-bond acceptors (Lipinski definition) is 4. The van der Waals surface area contributed by atoms with Gasteiger partial charge in [-0.15, -0.1) is 22.7 Å². The number of furan rings is 2. The molecule has 0 aliphatic heterocycles. The zero-order valence-electron chi connectivity index (χ0n) is 24.6. The van der Waals surface area contributed by atoms with E-state index in [1.807, 2.05) is 22.7 Å². The Bertz CT molecular complexity index is 1840. The van der Waals surface area contributed by atoms with Crippen LogP contribution < -0.4 is 0 Å². The number of thiophene rings is 2. The monoisotopic (exact) mass is 590 g/mol. The van der Waals surface area contributed by atoms with Gasteiger partial charge in [0.05, 0.1) is 9.75 Å². The Labute approximate surface area is 256 Å². The fourth-order valence-corrected chi connectivity index (χ4v) is 8.25. The fourth-order valence-electron chi connectivity index (χ4n) is 6.25. The lowest BCUT2D eigenvalue weighted by atomic mass is 9.98. The lowest BCUT2D eigenvalue weighted by Gasteiger charge is -2.05. The van der Waals surface area contributed by atoms with Crippen molar-refractivity contribution in [2.45, 2.75) is 78.1 Å². The van der Waals surface area contributed by atoms with E-state index in [2.05, 4.69) is 86.6 Å². The maximum Gasteiger partial charge on any atom is 0.145 e. The molecule has 3 aromatic carbocycles. The van der Waals surface area contributed by atoms with Crippen molar-refractivity contribution in [3.63, 3.8) is 0 Å². The van der Waals surface area contributed by atoms with Crippen LogP contribution in [0.2, 0.25) is 0 Å². The topological polar surface area (TPSA) is 26.3 Å². The smallest absolute Gasteiger partial charge is 0.145 e. The van der Waals surface area contributed by atoms with E-state index in [1.54, 1.807) is 0 Å². The van der Waals surface area contributed by atoms with E-state index in [0.717, 1.165) is 35.5 Å². The summed E-state index contributed by atoms with van der Waals surface area (Å²) in [5, 5.41) is 7.34. The predicted molar refractivity (Wildman–Crippen MR) is 183 cm³/mol. The molecule has 214 valence electrons. The van der Waals surface area contributed by atoms with Crippen LogP contribution in [0.5, 0.6) is 0 Å². The van der Waals surface area contributed by atoms with Crippen LogP contribution in [0.4, 0.5) is 0 Å². The third-order valence-corrected chi connectivity index (χ3v) is 10.9. The molecular formula is C38H38O2S2. The normalized spacial score (nSPS) is 12.0. The van der Waals surface area contributed by atoms with Crippen LogP contribution in [0.25, 0.3) is 64.8 Å². The molecule has 7 aromatic rings. The van der Waals surface area contributed by atoms with Crippen molar-refractivity contribution in [3.05, 3.63) is 82.6 Å². The number of unbranched alkanes of at least 4 members (excludes halogenated alkanes) is 6. The molecule has 0 saturated heterocycles. The average molecular weight is 591 g/mol. The van der Waals surface area contributed by atoms with Gasteiger partial charge in [0, 0.05) is 20.5 Å². The quantitative estimate of drug-likeness (QED) is 0.104. The molecule has 7 rings (SSSR count). The van der Waals surface area contributed by atoms with Gasteiger partial charge in [-0.2, -0.15) is 0 Å². The van der Waals surface area contributed by atoms with Crippen molar-refractivity contribution in [2.24, 2.45) is 0 Å². The van der Waals surface area contributed by atoms with Gasteiger partial charge in [0.1, 0.15) is 22.7 Å². The molecule has 0 amide bonds. The second-order valence-corrected chi connectivity index (χ2v) is 13.9. The van der Waals surface area contributed by atoms with Crippen molar-refractivity contribution in [3.8, 4) is 21.3 Å². The van der Waals surface area contributed by atoms with E-state index in [0.29, 0.717) is 0 Å². The highest BCUT2D eigenvalue weighted by Crippen LogP contribution is 2.41. The van der Waals surface area contributed by atoms with Gasteiger partial charge >= 0.3 is 0 Å². The van der Waals surface area contributed by atoms with Gasteiger partial charge in [-0.3, -0.25) is 0 Å². The number of rotatable bonds is 12. The third kappa shape index (κ3) is 5.31. The van der Waals surface area contributed by atoms with Crippen molar-refractivity contribution < 1.29 is 8.83 Å². The summed E-state index contributed by atoms with van der Waals surface area (Å²) < 4.78 is 12.8. The number of benzene rings is 3. The molecule has 0 fully saturated rings. The summed E-state index contributed by atoms with van der Waals surface area (Å²) in [6.07, 6.45) is 12.7. The molecule has 4 heterocycles. The van der Waals surface area contributed by atoms with E-state index in [-0.39, 0.29) is 0 Å². The number of fused-ring (bicyclic) bond motifs is 7. The highest BCUT2D eigenvalue weighted by atomic mass is 32.1. The molecule has 4 aromatic heterocycles. The van der Waals surface area contributed by atoms with Gasteiger partial charge in [-0.05, 0) is 95.8 Å². The fraction of sp³-hybridized carbons (Fsp3) is 0.316. The number of hydrogen-bond donors (Lipinski definition) is 0. The van der Waals surface area contributed by atoms with Crippen molar-refractivity contribution in [1.29, 1.82) is 0 Å². The lowest BCUT2D eigenvalue weighted by molar-refractivity contribution is 0.633. The predicted octanol–water partition coefficient (Wildman–Crippen LogP) is 13.2. The van der Waals surface area contributed by atoms with Crippen LogP contribution in [-0.4, -0.2) is 0 Å². The van der Waals surface area contributed by atoms with Crippen LogP contribution in [0.3, 0.4) is 0 Å². The van der Waals surface area contributed by atoms with Gasteiger partial charge in [-0.25, -0.2) is 0 Å². The molecule has 0 N–H and O–H groups in total. The summed E-state index contributed by atoms with van der Waals surface area (Å²) in [5.74, 6) is 1.94. The van der Waals surface area contributed by atoms with Crippen molar-refractivity contribution in [1.82, 2.24) is 0 Å². The highest BCUT2D eigenvalue weighted by Gasteiger charge is 2.16. The maximum atomic E-state index is 6.39. The first-order chi connectivity index (χ1) is 20.7. The SMILES string of the molecule is CCCCCCc1ccc(-c2cc3c(ccc4c3ccc3c5cc(-c6ccc(CCCCCC)s6)oc5ccc34)o2)s1. The molecule has 0 aliphatic rings. The van der Waals surface area contributed by atoms with Gasteiger partial charge in [0.2, 0.25) is 0 Å². The Kier molecular flexibility index (Phi) is 7.92. The molecular weight excluding hydrogens is 553 g/mol. The van der Waals surface area contributed by atoms with Crippen LogP contribution in [-0.2, 0) is 12.8 Å². The lowest BCUT2D eigenvalue weighted by Crippen LogP contribution is -1.80. The Morgan fingerprint density at radius 1 is 0.452 bits per heavy atom. The van der Waals surface area contributed by atoms with E-state index < -0.39 is 0 Å². The summed E-state index contributed by atoms with van der Waals surface area (Å²) in [4.78, 5) is 5.34. The minimum absolute atomic E-state index is 0.949. The Balaban J connectivity index is 1.19. The number of aryl methyl sites for hydroxylation is 2. The maximum absolute atomic E-state index is 6.39. The van der Waals surface area contributed by atoms with E-state index in [9.17, 15) is 0 Å². The minimum Gasteiger partial charge on any atom is -0.455 e. The summed E-state index contributed by atoms with van der Waals surface area (Å²) in [6.45, 7) is 4.53. The zero-order valence-corrected chi connectivity index (χ0v) is 26.3. The molecule has 0 aliphatic carbocycles. The summed E-state index contributed by atoms with van der Waals surface area (Å²) in [5.41, 5.74) is 1.90. The summed E-state index contributed by atoms with van der Waals surface area (Å²) in [6, 6.07) is 26.7. The Morgan fingerprint density at radius 2 is 0.881 bits per heavy atom. The molecule has 2 nitrogen and oxygen atoms in total. The van der Waals surface area contributed by atoms with Crippen molar-refractivity contribution in [2.75, 3.05) is 0 Å². The third-order valence-electron chi connectivity index (χ3n) is 8.55. The van der Waals surface area contributed by atoms with Gasteiger partial charge in [0.15, 0.2) is 0 Å². The first-order valence-electron chi connectivity index (χ1n) is 15.7. The average Bonchev–Trinajstić information content (AvgIpc) is 3.82. The summed E-state index contributed by atoms with van der Waals surface area (Å²) in [7, 11) is 0. The van der Waals surface area contributed by atoms with E-state index >= 15 is 0 Å². The minimum atomic E-state index is 0.949. The van der Waals surface area contributed by atoms with Crippen molar-refractivity contribution >= 4 is 66.2 Å².